The highest BCUT2D eigenvalue weighted by molar-refractivity contribution is 9.10. The van der Waals surface area contributed by atoms with Crippen molar-refractivity contribution in [3.05, 3.63) is 28.7 Å². The average molecular weight is 360 g/mol. The zero-order valence-electron chi connectivity index (χ0n) is 11.1. The van der Waals surface area contributed by atoms with Crippen molar-refractivity contribution < 1.29 is 17.9 Å². The fourth-order valence-corrected chi connectivity index (χ4v) is 5.26. The Morgan fingerprint density at radius 3 is 2.25 bits per heavy atom. The molecule has 0 aromatic heterocycles. The standard InChI is InChI=1S/C13H14BrNO4S/c1-18-13(19-2)7-12(8-13,9-15)20(16,17)11-6-4-3-5-10(11)14/h3-6H,7-8H2,1-2H3. The number of sulfone groups is 1. The normalized spacial score (nSPS) is 19.9. The first-order chi connectivity index (χ1) is 9.36. The van der Waals surface area contributed by atoms with Crippen LogP contribution >= 0.6 is 15.9 Å². The first kappa shape index (κ1) is 15.4. The molecule has 0 amide bonds. The van der Waals surface area contributed by atoms with Crippen molar-refractivity contribution in [1.82, 2.24) is 0 Å². The van der Waals surface area contributed by atoms with Gasteiger partial charge >= 0.3 is 0 Å². The van der Waals surface area contributed by atoms with Gasteiger partial charge in [0.15, 0.2) is 20.4 Å². The van der Waals surface area contributed by atoms with E-state index in [2.05, 4.69) is 15.9 Å². The van der Waals surface area contributed by atoms with Crippen LogP contribution in [0.4, 0.5) is 0 Å². The number of rotatable bonds is 4. The van der Waals surface area contributed by atoms with Gasteiger partial charge in [0, 0.05) is 31.5 Å². The van der Waals surface area contributed by atoms with E-state index < -0.39 is 20.4 Å². The van der Waals surface area contributed by atoms with Crippen molar-refractivity contribution in [1.29, 1.82) is 5.26 Å². The van der Waals surface area contributed by atoms with Crippen LogP contribution in [0.2, 0.25) is 0 Å². The molecule has 1 aliphatic carbocycles. The van der Waals surface area contributed by atoms with Crippen LogP contribution in [-0.2, 0) is 19.3 Å². The number of ether oxygens (including phenoxy) is 2. The molecule has 0 saturated heterocycles. The molecule has 0 N–H and O–H groups in total. The van der Waals surface area contributed by atoms with E-state index in [1.165, 1.54) is 20.3 Å². The molecule has 0 bridgehead atoms. The van der Waals surface area contributed by atoms with Crippen LogP contribution < -0.4 is 0 Å². The molecular weight excluding hydrogens is 346 g/mol. The minimum absolute atomic E-state index is 0.00678. The molecule has 108 valence electrons. The summed E-state index contributed by atoms with van der Waals surface area (Å²) in [7, 11) is -0.923. The highest BCUT2D eigenvalue weighted by Crippen LogP contribution is 2.51. The Kier molecular flexibility index (Phi) is 3.95. The van der Waals surface area contributed by atoms with E-state index in [-0.39, 0.29) is 17.7 Å². The Balaban J connectivity index is 2.45. The SMILES string of the molecule is COC1(OC)CC(C#N)(S(=O)(=O)c2ccccc2Br)C1. The second-order valence-electron chi connectivity index (χ2n) is 4.71. The largest absolute Gasteiger partial charge is 0.353 e. The van der Waals surface area contributed by atoms with Crippen LogP contribution in [0, 0.1) is 11.3 Å². The fraction of sp³-hybridized carbons (Fsp3) is 0.462. The third-order valence-electron chi connectivity index (χ3n) is 3.70. The number of halogens is 1. The van der Waals surface area contributed by atoms with Crippen molar-refractivity contribution in [2.75, 3.05) is 14.2 Å². The van der Waals surface area contributed by atoms with E-state index in [0.29, 0.717) is 4.47 Å². The molecule has 1 aromatic carbocycles. The minimum Gasteiger partial charge on any atom is -0.353 e. The number of nitriles is 1. The maximum absolute atomic E-state index is 12.7. The molecule has 1 saturated carbocycles. The minimum atomic E-state index is -3.80. The Morgan fingerprint density at radius 2 is 1.80 bits per heavy atom. The van der Waals surface area contributed by atoms with Gasteiger partial charge in [-0.3, -0.25) is 0 Å². The van der Waals surface area contributed by atoms with Crippen molar-refractivity contribution in [2.45, 2.75) is 28.3 Å². The molecule has 0 radical (unpaired) electrons. The second kappa shape index (κ2) is 5.11. The molecule has 1 aliphatic rings. The summed E-state index contributed by atoms with van der Waals surface area (Å²) >= 11 is 3.22. The summed E-state index contributed by atoms with van der Waals surface area (Å²) in [4.78, 5) is 0.113. The molecule has 1 aromatic rings. The second-order valence-corrected chi connectivity index (χ2v) is 7.79. The first-order valence-corrected chi connectivity index (χ1v) is 8.15. The van der Waals surface area contributed by atoms with Crippen molar-refractivity contribution in [2.24, 2.45) is 0 Å². The van der Waals surface area contributed by atoms with Crippen LogP contribution in [0.15, 0.2) is 33.6 Å². The maximum Gasteiger partial charge on any atom is 0.198 e. The zero-order valence-corrected chi connectivity index (χ0v) is 13.5. The van der Waals surface area contributed by atoms with Crippen LogP contribution in [0.5, 0.6) is 0 Å². The van der Waals surface area contributed by atoms with Gasteiger partial charge in [-0.1, -0.05) is 12.1 Å². The fourth-order valence-electron chi connectivity index (χ4n) is 2.39. The lowest BCUT2D eigenvalue weighted by Gasteiger charge is -2.49. The average Bonchev–Trinajstić information content (AvgIpc) is 2.39. The summed E-state index contributed by atoms with van der Waals surface area (Å²) in [5.41, 5.74) is 0. The maximum atomic E-state index is 12.7. The third-order valence-corrected chi connectivity index (χ3v) is 7.00. The topological polar surface area (TPSA) is 76.4 Å². The predicted molar refractivity (Wildman–Crippen MR) is 75.7 cm³/mol. The highest BCUT2D eigenvalue weighted by atomic mass is 79.9. The van der Waals surface area contributed by atoms with Gasteiger partial charge in [0.25, 0.3) is 0 Å². The summed E-state index contributed by atoms with van der Waals surface area (Å²) in [5, 5.41) is 9.39. The lowest BCUT2D eigenvalue weighted by molar-refractivity contribution is -0.256. The van der Waals surface area contributed by atoms with Crippen molar-refractivity contribution in [3.8, 4) is 6.07 Å². The van der Waals surface area contributed by atoms with E-state index in [1.54, 1.807) is 18.2 Å². The molecule has 5 nitrogen and oxygen atoms in total. The summed E-state index contributed by atoms with van der Waals surface area (Å²) in [6.07, 6.45) is -0.0136. The van der Waals surface area contributed by atoms with Gasteiger partial charge in [0.1, 0.15) is 0 Å². The van der Waals surface area contributed by atoms with Crippen LogP contribution in [-0.4, -0.2) is 33.2 Å². The van der Waals surface area contributed by atoms with Gasteiger partial charge in [0.2, 0.25) is 0 Å². The van der Waals surface area contributed by atoms with Crippen LogP contribution in [0.25, 0.3) is 0 Å². The van der Waals surface area contributed by atoms with Crippen LogP contribution in [0.3, 0.4) is 0 Å². The monoisotopic (exact) mass is 359 g/mol. The van der Waals surface area contributed by atoms with Gasteiger partial charge in [-0.25, -0.2) is 8.42 Å². The van der Waals surface area contributed by atoms with Gasteiger partial charge in [0.05, 0.1) is 11.0 Å². The number of benzene rings is 1. The van der Waals surface area contributed by atoms with Crippen LogP contribution in [0.1, 0.15) is 12.8 Å². The smallest absolute Gasteiger partial charge is 0.198 e. The predicted octanol–water partition coefficient (Wildman–Crippen LogP) is 2.27. The van der Waals surface area contributed by atoms with E-state index in [9.17, 15) is 13.7 Å². The number of nitrogens with zero attached hydrogens (tertiary/aromatic N) is 1. The molecule has 0 atom stereocenters. The molecule has 2 rings (SSSR count). The molecule has 1 fully saturated rings. The Bertz CT molecular complexity index is 653. The molecule has 20 heavy (non-hydrogen) atoms. The van der Waals surface area contributed by atoms with E-state index in [0.717, 1.165) is 0 Å². The van der Waals surface area contributed by atoms with E-state index in [1.807, 2.05) is 6.07 Å². The lowest BCUT2D eigenvalue weighted by atomic mass is 9.78. The van der Waals surface area contributed by atoms with E-state index >= 15 is 0 Å². The lowest BCUT2D eigenvalue weighted by Crippen LogP contribution is -2.61. The quantitative estimate of drug-likeness (QED) is 0.770. The Hall–Kier alpha value is -0.940. The van der Waals surface area contributed by atoms with Crippen molar-refractivity contribution >= 4 is 25.8 Å². The number of methoxy groups -OCH3 is 2. The van der Waals surface area contributed by atoms with Gasteiger partial charge < -0.3 is 9.47 Å². The molecule has 0 aliphatic heterocycles. The van der Waals surface area contributed by atoms with Crippen molar-refractivity contribution in [3.63, 3.8) is 0 Å². The van der Waals surface area contributed by atoms with Gasteiger partial charge in [-0.15, -0.1) is 0 Å². The molecule has 7 heteroatoms. The first-order valence-electron chi connectivity index (χ1n) is 5.87. The summed E-state index contributed by atoms with van der Waals surface area (Å²) in [5.74, 6) is -0.996. The number of hydrogen-bond donors (Lipinski definition) is 0. The summed E-state index contributed by atoms with van der Waals surface area (Å²) in [6, 6.07) is 8.40. The molecule has 0 spiro atoms. The molecule has 0 heterocycles. The van der Waals surface area contributed by atoms with E-state index in [4.69, 9.17) is 9.47 Å². The molecular formula is C13H14BrNO4S. The summed E-state index contributed by atoms with van der Waals surface area (Å²) in [6.45, 7) is 0. The van der Waals surface area contributed by atoms with Gasteiger partial charge in [-0.2, -0.15) is 5.26 Å². The highest BCUT2D eigenvalue weighted by Gasteiger charge is 2.64. The third kappa shape index (κ3) is 2.07. The van der Waals surface area contributed by atoms with Gasteiger partial charge in [-0.05, 0) is 28.1 Å². The zero-order chi connectivity index (χ0) is 15.0. The molecule has 0 unspecified atom stereocenters. The Labute approximate surface area is 126 Å². The number of hydrogen-bond acceptors (Lipinski definition) is 5. The summed E-state index contributed by atoms with van der Waals surface area (Å²) < 4.78 is 34.8. The Morgan fingerprint density at radius 1 is 1.25 bits per heavy atom.